The van der Waals surface area contributed by atoms with Crippen molar-refractivity contribution < 1.29 is 29.6 Å². The number of methoxy groups -OCH3 is 1. The molecule has 1 aromatic carbocycles. The van der Waals surface area contributed by atoms with Gasteiger partial charge in [0.1, 0.15) is 0 Å². The van der Waals surface area contributed by atoms with Crippen molar-refractivity contribution >= 4 is 11.9 Å². The lowest BCUT2D eigenvalue weighted by molar-refractivity contribution is -0.146. The average Bonchev–Trinajstić information content (AvgIpc) is 2.38. The number of carboxylic acid groups (broad SMARTS) is 1. The summed E-state index contributed by atoms with van der Waals surface area (Å²) >= 11 is 0. The number of benzene rings is 1. The SMILES string of the molecule is COc1cccc(C(=O)NCCC(O)C(=O)O)c1O. The number of rotatable bonds is 6. The Morgan fingerprint density at radius 1 is 1.42 bits per heavy atom. The van der Waals surface area contributed by atoms with Gasteiger partial charge in [0.2, 0.25) is 0 Å². The number of phenolic OH excluding ortho intramolecular Hbond substituents is 1. The highest BCUT2D eigenvalue weighted by Crippen LogP contribution is 2.29. The lowest BCUT2D eigenvalue weighted by Gasteiger charge is -2.10. The van der Waals surface area contributed by atoms with Crippen molar-refractivity contribution in [3.8, 4) is 11.5 Å². The maximum atomic E-state index is 11.7. The van der Waals surface area contributed by atoms with Gasteiger partial charge < -0.3 is 25.4 Å². The van der Waals surface area contributed by atoms with E-state index < -0.39 is 18.0 Å². The minimum absolute atomic E-state index is 0.0177. The molecule has 104 valence electrons. The van der Waals surface area contributed by atoms with Gasteiger partial charge in [0, 0.05) is 13.0 Å². The molecular formula is C12H15NO6. The van der Waals surface area contributed by atoms with Crippen molar-refractivity contribution in [1.82, 2.24) is 5.32 Å². The molecule has 0 spiro atoms. The number of aromatic hydroxyl groups is 1. The molecule has 4 N–H and O–H groups in total. The Hall–Kier alpha value is -2.28. The molecule has 1 atom stereocenters. The fourth-order valence-corrected chi connectivity index (χ4v) is 1.41. The van der Waals surface area contributed by atoms with Crippen molar-refractivity contribution in [2.24, 2.45) is 0 Å². The van der Waals surface area contributed by atoms with Gasteiger partial charge in [-0.1, -0.05) is 6.07 Å². The third kappa shape index (κ3) is 3.85. The fourth-order valence-electron chi connectivity index (χ4n) is 1.41. The van der Waals surface area contributed by atoms with Gasteiger partial charge in [-0.15, -0.1) is 0 Å². The van der Waals surface area contributed by atoms with E-state index in [0.717, 1.165) is 0 Å². The van der Waals surface area contributed by atoms with Crippen LogP contribution in [0, 0.1) is 0 Å². The summed E-state index contributed by atoms with van der Waals surface area (Å²) < 4.78 is 4.86. The second-order valence-corrected chi connectivity index (χ2v) is 3.76. The second-order valence-electron chi connectivity index (χ2n) is 3.76. The number of para-hydroxylation sites is 1. The number of carbonyl (C=O) groups is 2. The molecule has 0 aliphatic rings. The zero-order valence-corrected chi connectivity index (χ0v) is 10.3. The van der Waals surface area contributed by atoms with Crippen molar-refractivity contribution in [1.29, 1.82) is 0 Å². The summed E-state index contributed by atoms with van der Waals surface area (Å²) in [5.41, 5.74) is 0.0177. The second kappa shape index (κ2) is 6.60. The van der Waals surface area contributed by atoms with Gasteiger partial charge in [0.15, 0.2) is 17.6 Å². The molecule has 1 rings (SSSR count). The highest BCUT2D eigenvalue weighted by atomic mass is 16.5. The van der Waals surface area contributed by atoms with E-state index in [1.807, 2.05) is 0 Å². The van der Waals surface area contributed by atoms with Gasteiger partial charge in [-0.2, -0.15) is 0 Å². The Bertz CT molecular complexity index is 473. The third-order valence-corrected chi connectivity index (χ3v) is 2.45. The molecule has 7 nitrogen and oxygen atoms in total. The van der Waals surface area contributed by atoms with Gasteiger partial charge in [0.05, 0.1) is 12.7 Å². The van der Waals surface area contributed by atoms with Gasteiger partial charge >= 0.3 is 5.97 Å². The summed E-state index contributed by atoms with van der Waals surface area (Å²) in [5, 5.41) is 29.6. The van der Waals surface area contributed by atoms with Crippen LogP contribution in [0.4, 0.5) is 0 Å². The highest BCUT2D eigenvalue weighted by molar-refractivity contribution is 5.97. The zero-order valence-electron chi connectivity index (χ0n) is 10.3. The van der Waals surface area contributed by atoms with Crippen molar-refractivity contribution in [2.75, 3.05) is 13.7 Å². The summed E-state index contributed by atoms with van der Waals surface area (Å²) in [5.74, 6) is -2.05. The van der Waals surface area contributed by atoms with Gasteiger partial charge in [-0.25, -0.2) is 4.79 Å². The molecule has 19 heavy (non-hydrogen) atoms. The van der Waals surface area contributed by atoms with E-state index in [4.69, 9.17) is 14.9 Å². The Labute approximate surface area is 109 Å². The van der Waals surface area contributed by atoms with Crippen LogP contribution in [-0.2, 0) is 4.79 Å². The van der Waals surface area contributed by atoms with Gasteiger partial charge in [-0.05, 0) is 12.1 Å². The minimum atomic E-state index is -1.53. The number of aliphatic carboxylic acids is 1. The lowest BCUT2D eigenvalue weighted by atomic mass is 10.1. The molecule has 1 aromatic rings. The van der Waals surface area contributed by atoms with E-state index in [1.165, 1.54) is 19.2 Å². The Kier molecular flexibility index (Phi) is 5.13. The standard InChI is InChI=1S/C12H15NO6/c1-19-9-4-2-3-7(10(9)15)11(16)13-6-5-8(14)12(17)18/h2-4,8,14-15H,5-6H2,1H3,(H,13,16)(H,17,18). The fraction of sp³-hybridized carbons (Fsp3) is 0.333. The molecule has 0 saturated heterocycles. The summed E-state index contributed by atoms with van der Waals surface area (Å²) in [6, 6.07) is 4.45. The van der Waals surface area contributed by atoms with E-state index in [0.29, 0.717) is 0 Å². The maximum Gasteiger partial charge on any atom is 0.332 e. The monoisotopic (exact) mass is 269 g/mol. The number of aliphatic hydroxyl groups is 1. The topological polar surface area (TPSA) is 116 Å². The molecule has 0 aliphatic heterocycles. The van der Waals surface area contributed by atoms with E-state index >= 15 is 0 Å². The third-order valence-electron chi connectivity index (χ3n) is 2.45. The molecule has 1 unspecified atom stereocenters. The predicted octanol–water partition coefficient (Wildman–Crippen LogP) is -0.0338. The maximum absolute atomic E-state index is 11.7. The summed E-state index contributed by atoms with van der Waals surface area (Å²) in [6.45, 7) is -0.0249. The van der Waals surface area contributed by atoms with Crippen molar-refractivity contribution in [3.05, 3.63) is 23.8 Å². The van der Waals surface area contributed by atoms with Crippen LogP contribution in [0.3, 0.4) is 0 Å². The van der Waals surface area contributed by atoms with Crippen LogP contribution < -0.4 is 10.1 Å². The molecule has 1 amide bonds. The lowest BCUT2D eigenvalue weighted by Crippen LogP contribution is -2.30. The zero-order chi connectivity index (χ0) is 14.4. The Morgan fingerprint density at radius 2 is 2.11 bits per heavy atom. The number of amides is 1. The van der Waals surface area contributed by atoms with Crippen LogP contribution >= 0.6 is 0 Å². The number of hydrogen-bond donors (Lipinski definition) is 4. The van der Waals surface area contributed by atoms with Crippen LogP contribution in [0.15, 0.2) is 18.2 Å². The molecule has 0 bridgehead atoms. The van der Waals surface area contributed by atoms with E-state index in [-0.39, 0.29) is 30.0 Å². The van der Waals surface area contributed by atoms with Gasteiger partial charge in [0.25, 0.3) is 5.91 Å². The van der Waals surface area contributed by atoms with Crippen LogP contribution in [0.25, 0.3) is 0 Å². The van der Waals surface area contributed by atoms with E-state index in [2.05, 4.69) is 5.32 Å². The number of nitrogens with one attached hydrogen (secondary N) is 1. The normalized spacial score (nSPS) is 11.7. The minimum Gasteiger partial charge on any atom is -0.504 e. The molecular weight excluding hydrogens is 254 g/mol. The van der Waals surface area contributed by atoms with Crippen LogP contribution in [0.2, 0.25) is 0 Å². The predicted molar refractivity (Wildman–Crippen MR) is 65.3 cm³/mol. The first-order valence-electron chi connectivity index (χ1n) is 5.52. The van der Waals surface area contributed by atoms with Crippen LogP contribution in [0.5, 0.6) is 11.5 Å². The number of ether oxygens (including phenoxy) is 1. The molecule has 0 heterocycles. The van der Waals surface area contributed by atoms with Gasteiger partial charge in [-0.3, -0.25) is 4.79 Å². The average molecular weight is 269 g/mol. The molecule has 0 saturated carbocycles. The Morgan fingerprint density at radius 3 is 2.68 bits per heavy atom. The Balaban J connectivity index is 2.62. The summed E-state index contributed by atoms with van der Waals surface area (Å²) in [6.07, 6.45) is -1.65. The molecule has 0 radical (unpaired) electrons. The van der Waals surface area contributed by atoms with E-state index in [1.54, 1.807) is 6.07 Å². The smallest absolute Gasteiger partial charge is 0.332 e. The largest absolute Gasteiger partial charge is 0.504 e. The molecule has 0 aliphatic carbocycles. The first kappa shape index (κ1) is 14.8. The molecule has 0 fully saturated rings. The first-order chi connectivity index (χ1) is 8.97. The number of phenols is 1. The number of aliphatic hydroxyl groups excluding tert-OH is 1. The number of hydrogen-bond acceptors (Lipinski definition) is 5. The van der Waals surface area contributed by atoms with Crippen molar-refractivity contribution in [2.45, 2.75) is 12.5 Å². The number of carbonyl (C=O) groups excluding carboxylic acids is 1. The number of carboxylic acids is 1. The van der Waals surface area contributed by atoms with Crippen LogP contribution in [0.1, 0.15) is 16.8 Å². The van der Waals surface area contributed by atoms with Crippen LogP contribution in [-0.4, -0.2) is 47.0 Å². The summed E-state index contributed by atoms with van der Waals surface area (Å²) in [4.78, 5) is 22.1. The van der Waals surface area contributed by atoms with Crippen molar-refractivity contribution in [3.63, 3.8) is 0 Å². The first-order valence-corrected chi connectivity index (χ1v) is 5.52. The molecule has 0 aromatic heterocycles. The van der Waals surface area contributed by atoms with E-state index in [9.17, 15) is 14.7 Å². The highest BCUT2D eigenvalue weighted by Gasteiger charge is 2.16. The summed E-state index contributed by atoms with van der Waals surface area (Å²) in [7, 11) is 1.36. The quantitative estimate of drug-likeness (QED) is 0.576. The molecule has 7 heteroatoms.